The standard InChI is InChI=1S/C94H58B2N6/c1-5-33-67(34-6-1)97-81-43-23-21-41-77(81)95-79-57-80-88(58-87(79)99(69-37-9-3-10-38-69)91-55-71(53-89(97)93(91)95)101-83-49-63-29-17-13-25-59(63)45-73(83)74-46-60-26-14-18-30-64(60)50-84(74)101)100(70-39-11-4-12-40-70)92-56-72(54-90-94(92)96(80)78-42-22-24-44-82(78)98(90)68-35-7-2-8-36-68)102-85-51-65-31-19-15-27-61(65)47-75(85)76-48-62-28-16-20-32-66(62)52-86(76)102/h1-58H. The van der Waals surface area contributed by atoms with Crippen molar-refractivity contribution in [3.8, 4) is 11.4 Å². The van der Waals surface area contributed by atoms with E-state index in [1.807, 2.05) is 0 Å². The smallest absolute Gasteiger partial charge is 0.252 e. The number of benzene rings is 17. The number of nitrogens with zero attached hydrogens (tertiary/aromatic N) is 6. The fourth-order valence-electron chi connectivity index (χ4n) is 18.4. The third-order valence-electron chi connectivity index (χ3n) is 22.6. The highest BCUT2D eigenvalue weighted by molar-refractivity contribution is 7.03. The van der Waals surface area contributed by atoms with Crippen LogP contribution in [0.2, 0.25) is 0 Å². The second kappa shape index (κ2) is 21.1. The lowest BCUT2D eigenvalue weighted by molar-refractivity contribution is 1.16. The number of anilines is 12. The number of rotatable bonds is 6. The first kappa shape index (κ1) is 55.7. The molecule has 0 fully saturated rings. The Bertz CT molecular complexity index is 6210. The van der Waals surface area contributed by atoms with Crippen LogP contribution >= 0.6 is 0 Å². The van der Waals surface area contributed by atoms with E-state index in [1.54, 1.807) is 0 Å². The molecule has 470 valence electrons. The van der Waals surface area contributed by atoms with Crippen LogP contribution in [0.1, 0.15) is 0 Å². The molecule has 0 saturated heterocycles. The molecule has 19 aromatic rings. The molecule has 102 heavy (non-hydrogen) atoms. The number of hydrogen-bond acceptors (Lipinski definition) is 4. The predicted octanol–water partition coefficient (Wildman–Crippen LogP) is 20.7. The Balaban J connectivity index is 0.847. The second-order valence-corrected chi connectivity index (χ2v) is 28.0. The molecule has 0 aliphatic carbocycles. The molecular formula is C94H58B2N6. The Morgan fingerprint density at radius 2 is 0.412 bits per heavy atom. The highest BCUT2D eigenvalue weighted by Gasteiger charge is 2.49. The summed E-state index contributed by atoms with van der Waals surface area (Å²) in [6.45, 7) is -0.357. The quantitative estimate of drug-likeness (QED) is 0.155. The van der Waals surface area contributed by atoms with Crippen LogP contribution in [-0.4, -0.2) is 22.6 Å². The fraction of sp³-hybridized carbons (Fsp3) is 0. The van der Waals surface area contributed by atoms with Crippen molar-refractivity contribution in [3.05, 3.63) is 352 Å². The van der Waals surface area contributed by atoms with Gasteiger partial charge in [-0.05, 0) is 215 Å². The summed E-state index contributed by atoms with van der Waals surface area (Å²) in [4.78, 5) is 10.3. The average Bonchev–Trinajstić information content (AvgIpc) is 0.726. The van der Waals surface area contributed by atoms with Gasteiger partial charge in [-0.15, -0.1) is 0 Å². The van der Waals surface area contributed by atoms with Gasteiger partial charge in [0.05, 0.1) is 33.4 Å². The van der Waals surface area contributed by atoms with Crippen molar-refractivity contribution in [2.24, 2.45) is 0 Å². The number of para-hydroxylation sites is 6. The molecule has 2 aromatic heterocycles. The van der Waals surface area contributed by atoms with Gasteiger partial charge in [-0.3, -0.25) is 0 Å². The second-order valence-electron chi connectivity index (χ2n) is 28.0. The normalized spacial score (nSPS) is 13.4. The van der Waals surface area contributed by atoms with Gasteiger partial charge in [0.2, 0.25) is 0 Å². The molecule has 17 aromatic carbocycles. The zero-order valence-corrected chi connectivity index (χ0v) is 55.3. The van der Waals surface area contributed by atoms with Gasteiger partial charge in [0.25, 0.3) is 13.4 Å². The SMILES string of the molecule is c1ccc(N2c3ccccc3B3c4cc5c(cc4N(c4ccccc4)c4cc(-n6c7cc8ccccc8cc7c7cc8ccccc8cc76)cc2c43)N(c2ccccc2)c2cc(-n3c4cc6ccccc6cc4c4cc6ccccc6cc43)cc3c2B5c2ccccc2N3c2ccccc2)cc1. The van der Waals surface area contributed by atoms with Crippen LogP contribution in [0, 0.1) is 0 Å². The van der Waals surface area contributed by atoms with Crippen molar-refractivity contribution < 1.29 is 0 Å². The number of fused-ring (bicyclic) bond motifs is 18. The van der Waals surface area contributed by atoms with Crippen LogP contribution in [0.15, 0.2) is 352 Å². The predicted molar refractivity (Wildman–Crippen MR) is 433 cm³/mol. The maximum absolute atomic E-state index is 2.66. The van der Waals surface area contributed by atoms with Crippen LogP contribution in [0.25, 0.3) is 98.1 Å². The van der Waals surface area contributed by atoms with Gasteiger partial charge in [0, 0.05) is 89.8 Å². The van der Waals surface area contributed by atoms with Crippen LogP contribution in [-0.2, 0) is 0 Å². The van der Waals surface area contributed by atoms with E-state index in [1.165, 1.54) is 131 Å². The third kappa shape index (κ3) is 7.86. The highest BCUT2D eigenvalue weighted by atomic mass is 15.2. The van der Waals surface area contributed by atoms with Gasteiger partial charge in [-0.2, -0.15) is 0 Å². The lowest BCUT2D eigenvalue weighted by Crippen LogP contribution is -2.65. The van der Waals surface area contributed by atoms with E-state index in [-0.39, 0.29) is 13.4 Å². The summed E-state index contributed by atoms with van der Waals surface area (Å²) in [6, 6.07) is 133. The topological polar surface area (TPSA) is 22.8 Å². The van der Waals surface area contributed by atoms with Crippen LogP contribution < -0.4 is 52.4 Å². The lowest BCUT2D eigenvalue weighted by Gasteiger charge is -2.47. The fourth-order valence-corrected chi connectivity index (χ4v) is 18.4. The minimum atomic E-state index is -0.179. The van der Waals surface area contributed by atoms with E-state index in [9.17, 15) is 0 Å². The largest absolute Gasteiger partial charge is 0.311 e. The lowest BCUT2D eigenvalue weighted by atomic mass is 9.30. The Labute approximate surface area is 589 Å². The summed E-state index contributed by atoms with van der Waals surface area (Å²) in [5.41, 5.74) is 28.0. The Morgan fingerprint density at radius 3 is 0.706 bits per heavy atom. The van der Waals surface area contributed by atoms with Crippen LogP contribution in [0.4, 0.5) is 68.2 Å². The summed E-state index contributed by atoms with van der Waals surface area (Å²) in [6.07, 6.45) is 0. The van der Waals surface area contributed by atoms with E-state index >= 15 is 0 Å². The van der Waals surface area contributed by atoms with Crippen molar-refractivity contribution in [1.82, 2.24) is 9.13 Å². The maximum Gasteiger partial charge on any atom is 0.252 e. The molecule has 6 heterocycles. The van der Waals surface area contributed by atoms with E-state index in [2.05, 4.69) is 381 Å². The summed E-state index contributed by atoms with van der Waals surface area (Å²) in [7, 11) is 0. The van der Waals surface area contributed by atoms with Crippen molar-refractivity contribution in [2.75, 3.05) is 19.6 Å². The van der Waals surface area contributed by atoms with Gasteiger partial charge in [-0.25, -0.2) is 0 Å². The van der Waals surface area contributed by atoms with Crippen LogP contribution in [0.5, 0.6) is 0 Å². The summed E-state index contributed by atoms with van der Waals surface area (Å²) in [5, 5.41) is 14.6. The molecule has 4 aliphatic heterocycles. The summed E-state index contributed by atoms with van der Waals surface area (Å²) >= 11 is 0. The number of aromatic nitrogens is 2. The molecule has 8 heteroatoms. The Hall–Kier alpha value is -13.3. The zero-order chi connectivity index (χ0) is 66.4. The molecule has 0 saturated carbocycles. The van der Waals surface area contributed by atoms with Crippen LogP contribution in [0.3, 0.4) is 0 Å². The van der Waals surface area contributed by atoms with Gasteiger partial charge in [0.15, 0.2) is 0 Å². The van der Waals surface area contributed by atoms with Gasteiger partial charge < -0.3 is 28.7 Å². The molecule has 0 N–H and O–H groups in total. The van der Waals surface area contributed by atoms with Crippen molar-refractivity contribution in [3.63, 3.8) is 0 Å². The average molecular weight is 1290 g/mol. The summed E-state index contributed by atoms with van der Waals surface area (Å²) < 4.78 is 5.13. The first-order valence-corrected chi connectivity index (χ1v) is 35.4. The van der Waals surface area contributed by atoms with Gasteiger partial charge in [-0.1, -0.05) is 212 Å². The molecule has 0 spiro atoms. The van der Waals surface area contributed by atoms with Gasteiger partial charge in [0.1, 0.15) is 0 Å². The highest BCUT2D eigenvalue weighted by Crippen LogP contribution is 2.52. The monoisotopic (exact) mass is 1290 g/mol. The third-order valence-corrected chi connectivity index (χ3v) is 22.6. The van der Waals surface area contributed by atoms with Crippen molar-refractivity contribution >= 4 is 201 Å². The van der Waals surface area contributed by atoms with E-state index < -0.39 is 0 Å². The number of hydrogen-bond donors (Lipinski definition) is 0. The minimum Gasteiger partial charge on any atom is -0.311 e. The molecule has 6 nitrogen and oxygen atoms in total. The Morgan fingerprint density at radius 1 is 0.167 bits per heavy atom. The Kier molecular flexibility index (Phi) is 11.5. The first-order valence-electron chi connectivity index (χ1n) is 35.4. The molecular weight excluding hydrogens is 1230 g/mol. The maximum atomic E-state index is 2.66. The molecule has 0 radical (unpaired) electrons. The molecule has 0 unspecified atom stereocenters. The molecule has 0 amide bonds. The van der Waals surface area contributed by atoms with E-state index in [0.29, 0.717) is 0 Å². The van der Waals surface area contributed by atoms with Crippen molar-refractivity contribution in [2.45, 2.75) is 0 Å². The molecule has 0 atom stereocenters. The minimum absolute atomic E-state index is 0.179. The molecule has 4 aliphatic rings. The van der Waals surface area contributed by atoms with E-state index in [0.717, 1.165) is 68.2 Å². The zero-order valence-electron chi connectivity index (χ0n) is 55.3. The molecule has 0 bridgehead atoms. The molecule has 23 rings (SSSR count). The first-order chi connectivity index (χ1) is 50.6. The summed E-state index contributed by atoms with van der Waals surface area (Å²) in [5.74, 6) is 0. The van der Waals surface area contributed by atoms with Crippen molar-refractivity contribution in [1.29, 1.82) is 0 Å². The van der Waals surface area contributed by atoms with E-state index in [4.69, 9.17) is 0 Å². The van der Waals surface area contributed by atoms with Gasteiger partial charge >= 0.3 is 0 Å².